The Labute approximate surface area is 158 Å². The van der Waals surface area contributed by atoms with E-state index in [1.54, 1.807) is 7.11 Å². The fourth-order valence-electron chi connectivity index (χ4n) is 3.42. The number of anilines is 1. The van der Waals surface area contributed by atoms with Gasteiger partial charge in [-0.3, -0.25) is 4.79 Å². The molecule has 1 aliphatic heterocycles. The van der Waals surface area contributed by atoms with Gasteiger partial charge in [0, 0.05) is 62.5 Å². The minimum absolute atomic E-state index is 0.102. The number of amides is 1. The fraction of sp³-hybridized carbons (Fsp3) is 0.350. The van der Waals surface area contributed by atoms with Gasteiger partial charge in [-0.1, -0.05) is 0 Å². The highest BCUT2D eigenvalue weighted by Gasteiger charge is 2.23. The van der Waals surface area contributed by atoms with Crippen molar-refractivity contribution in [1.29, 1.82) is 0 Å². The summed E-state index contributed by atoms with van der Waals surface area (Å²) in [5.41, 5.74) is 3.10. The molecule has 140 valence electrons. The minimum Gasteiger partial charge on any atom is -0.497 e. The fourth-order valence-corrected chi connectivity index (χ4v) is 3.42. The zero-order valence-corrected chi connectivity index (χ0v) is 15.8. The standard InChI is InChI=1S/C20H23N5O2/c1-23(2)20-21-11-15-12-25(9-7-17(15)22-20)19(26)13-24-8-6-14-10-16(27-3)4-5-18(14)24/h4-6,8,10-11H,7,9,12-13H2,1-3H3. The van der Waals surface area contributed by atoms with Gasteiger partial charge in [-0.15, -0.1) is 0 Å². The normalized spacial score (nSPS) is 13.5. The molecule has 7 nitrogen and oxygen atoms in total. The first-order chi connectivity index (χ1) is 13.0. The molecule has 0 unspecified atom stereocenters. The number of fused-ring (bicyclic) bond motifs is 2. The lowest BCUT2D eigenvalue weighted by Gasteiger charge is -2.29. The third-order valence-electron chi connectivity index (χ3n) is 4.96. The van der Waals surface area contributed by atoms with E-state index in [1.165, 1.54) is 0 Å². The first-order valence-electron chi connectivity index (χ1n) is 8.98. The van der Waals surface area contributed by atoms with Crippen LogP contribution in [0.5, 0.6) is 5.75 Å². The van der Waals surface area contributed by atoms with Crippen LogP contribution in [0.25, 0.3) is 10.9 Å². The van der Waals surface area contributed by atoms with E-state index in [2.05, 4.69) is 9.97 Å². The molecule has 0 aliphatic carbocycles. The van der Waals surface area contributed by atoms with Gasteiger partial charge in [0.05, 0.1) is 12.8 Å². The van der Waals surface area contributed by atoms with E-state index in [-0.39, 0.29) is 5.91 Å². The van der Waals surface area contributed by atoms with Crippen LogP contribution in [-0.4, -0.2) is 53.1 Å². The lowest BCUT2D eigenvalue weighted by molar-refractivity contribution is -0.132. The summed E-state index contributed by atoms with van der Waals surface area (Å²) < 4.78 is 7.25. The van der Waals surface area contributed by atoms with Crippen molar-refractivity contribution in [2.45, 2.75) is 19.5 Å². The maximum atomic E-state index is 12.8. The Morgan fingerprint density at radius 3 is 2.93 bits per heavy atom. The number of ether oxygens (including phenoxy) is 1. The lowest BCUT2D eigenvalue weighted by Crippen LogP contribution is -2.38. The van der Waals surface area contributed by atoms with Crippen molar-refractivity contribution in [2.75, 3.05) is 32.6 Å². The molecule has 1 aliphatic rings. The van der Waals surface area contributed by atoms with E-state index in [0.29, 0.717) is 25.6 Å². The van der Waals surface area contributed by atoms with Gasteiger partial charge in [-0.05, 0) is 24.3 Å². The highest BCUT2D eigenvalue weighted by atomic mass is 16.5. The summed E-state index contributed by atoms with van der Waals surface area (Å²) in [5.74, 6) is 1.63. The van der Waals surface area contributed by atoms with Crippen LogP contribution in [-0.2, 0) is 24.3 Å². The molecule has 3 heterocycles. The Balaban J connectivity index is 1.49. The molecule has 2 aromatic heterocycles. The van der Waals surface area contributed by atoms with Crippen LogP contribution >= 0.6 is 0 Å². The molecule has 0 spiro atoms. The zero-order chi connectivity index (χ0) is 19.0. The summed E-state index contributed by atoms with van der Waals surface area (Å²) in [6.07, 6.45) is 4.55. The predicted molar refractivity (Wildman–Crippen MR) is 104 cm³/mol. The number of aromatic nitrogens is 3. The summed E-state index contributed by atoms with van der Waals surface area (Å²) in [7, 11) is 5.51. The summed E-state index contributed by atoms with van der Waals surface area (Å²) in [6, 6.07) is 7.89. The Bertz CT molecular complexity index is 995. The van der Waals surface area contributed by atoms with Crippen molar-refractivity contribution in [3.05, 3.63) is 47.9 Å². The van der Waals surface area contributed by atoms with Crippen molar-refractivity contribution >= 4 is 22.8 Å². The number of nitrogens with zero attached hydrogens (tertiary/aromatic N) is 5. The van der Waals surface area contributed by atoms with Crippen LogP contribution in [0.2, 0.25) is 0 Å². The van der Waals surface area contributed by atoms with E-state index in [1.807, 2.05) is 65.1 Å². The van der Waals surface area contributed by atoms with Crippen LogP contribution < -0.4 is 9.64 Å². The Kier molecular flexibility index (Phi) is 4.43. The highest BCUT2D eigenvalue weighted by Crippen LogP contribution is 2.23. The summed E-state index contributed by atoms with van der Waals surface area (Å²) in [4.78, 5) is 25.6. The first kappa shape index (κ1) is 17.3. The van der Waals surface area contributed by atoms with E-state index in [9.17, 15) is 4.79 Å². The zero-order valence-electron chi connectivity index (χ0n) is 15.8. The van der Waals surface area contributed by atoms with Crippen molar-refractivity contribution in [3.8, 4) is 5.75 Å². The quantitative estimate of drug-likeness (QED) is 0.708. The second-order valence-electron chi connectivity index (χ2n) is 6.97. The lowest BCUT2D eigenvalue weighted by atomic mass is 10.1. The number of methoxy groups -OCH3 is 1. The van der Waals surface area contributed by atoms with Crippen LogP contribution in [0.3, 0.4) is 0 Å². The molecule has 3 aromatic rings. The average molecular weight is 365 g/mol. The third-order valence-corrected chi connectivity index (χ3v) is 4.96. The maximum Gasteiger partial charge on any atom is 0.242 e. The Morgan fingerprint density at radius 1 is 1.30 bits per heavy atom. The second-order valence-corrected chi connectivity index (χ2v) is 6.97. The van der Waals surface area contributed by atoms with Gasteiger partial charge in [0.2, 0.25) is 11.9 Å². The maximum absolute atomic E-state index is 12.8. The van der Waals surface area contributed by atoms with E-state index in [0.717, 1.165) is 34.3 Å². The van der Waals surface area contributed by atoms with Gasteiger partial charge in [0.1, 0.15) is 12.3 Å². The van der Waals surface area contributed by atoms with Gasteiger partial charge < -0.3 is 19.1 Å². The molecule has 0 bridgehead atoms. The van der Waals surface area contributed by atoms with E-state index < -0.39 is 0 Å². The third kappa shape index (κ3) is 3.32. The molecule has 0 N–H and O–H groups in total. The molecule has 27 heavy (non-hydrogen) atoms. The molecular weight excluding hydrogens is 342 g/mol. The van der Waals surface area contributed by atoms with Crippen molar-refractivity contribution in [1.82, 2.24) is 19.4 Å². The summed E-state index contributed by atoms with van der Waals surface area (Å²) >= 11 is 0. The smallest absolute Gasteiger partial charge is 0.242 e. The van der Waals surface area contributed by atoms with Crippen LogP contribution in [0.4, 0.5) is 5.95 Å². The molecule has 0 saturated carbocycles. The van der Waals surface area contributed by atoms with Crippen molar-refractivity contribution in [2.24, 2.45) is 0 Å². The highest BCUT2D eigenvalue weighted by molar-refractivity contribution is 5.84. The molecule has 0 fully saturated rings. The topological polar surface area (TPSA) is 63.5 Å². The van der Waals surface area contributed by atoms with Gasteiger partial charge in [0.25, 0.3) is 0 Å². The Hall–Kier alpha value is -3.09. The number of carbonyl (C=O) groups is 1. The number of benzene rings is 1. The number of hydrogen-bond acceptors (Lipinski definition) is 5. The minimum atomic E-state index is 0.102. The molecule has 0 radical (unpaired) electrons. The van der Waals surface area contributed by atoms with Gasteiger partial charge in [-0.2, -0.15) is 0 Å². The largest absolute Gasteiger partial charge is 0.497 e. The number of carbonyl (C=O) groups excluding carboxylic acids is 1. The van der Waals surface area contributed by atoms with Crippen LogP contribution in [0.1, 0.15) is 11.3 Å². The predicted octanol–water partition coefficient (Wildman–Crippen LogP) is 2.09. The average Bonchev–Trinajstić information content (AvgIpc) is 3.08. The van der Waals surface area contributed by atoms with Crippen molar-refractivity contribution < 1.29 is 9.53 Å². The first-order valence-corrected chi connectivity index (χ1v) is 8.98. The van der Waals surface area contributed by atoms with Gasteiger partial charge in [0.15, 0.2) is 0 Å². The van der Waals surface area contributed by atoms with Gasteiger partial charge in [-0.25, -0.2) is 9.97 Å². The number of hydrogen-bond donors (Lipinski definition) is 0. The monoisotopic (exact) mass is 365 g/mol. The van der Waals surface area contributed by atoms with Crippen LogP contribution in [0.15, 0.2) is 36.7 Å². The van der Waals surface area contributed by atoms with Crippen molar-refractivity contribution in [3.63, 3.8) is 0 Å². The van der Waals surface area contributed by atoms with E-state index >= 15 is 0 Å². The summed E-state index contributed by atoms with van der Waals surface area (Å²) in [6.45, 7) is 1.57. The van der Waals surface area contributed by atoms with E-state index in [4.69, 9.17) is 4.74 Å². The molecule has 0 atom stereocenters. The second kappa shape index (κ2) is 6.90. The Morgan fingerprint density at radius 2 is 2.15 bits per heavy atom. The van der Waals surface area contributed by atoms with Gasteiger partial charge >= 0.3 is 0 Å². The number of rotatable bonds is 4. The molecular formula is C20H23N5O2. The molecule has 1 aromatic carbocycles. The molecule has 7 heteroatoms. The van der Waals surface area contributed by atoms with Crippen LogP contribution in [0, 0.1) is 0 Å². The molecule has 4 rings (SSSR count). The molecule has 0 saturated heterocycles. The SMILES string of the molecule is COc1ccc2c(ccn2CC(=O)N2CCc3nc(N(C)C)ncc3C2)c1. The summed E-state index contributed by atoms with van der Waals surface area (Å²) in [5, 5.41) is 1.07. The molecule has 1 amide bonds.